The second-order valence-electron chi connectivity index (χ2n) is 4.92. The van der Waals surface area contributed by atoms with Crippen molar-refractivity contribution in [3.63, 3.8) is 0 Å². The third kappa shape index (κ3) is 3.38. The number of carbonyl (C=O) groups excluding carboxylic acids is 1. The third-order valence-electron chi connectivity index (χ3n) is 3.24. The van der Waals surface area contributed by atoms with Gasteiger partial charge in [-0.05, 0) is 12.1 Å². The average Bonchev–Trinajstić information content (AvgIpc) is 3.00. The zero-order valence-corrected chi connectivity index (χ0v) is 12.2. The average molecular weight is 302 g/mol. The molecule has 0 spiro atoms. The largest absolute Gasteiger partial charge is 0.459 e. The van der Waals surface area contributed by atoms with Gasteiger partial charge in [-0.25, -0.2) is 12.7 Å². The lowest BCUT2D eigenvalue weighted by Crippen LogP contribution is -2.43. The lowest BCUT2D eigenvalue weighted by Gasteiger charge is -2.20. The summed E-state index contributed by atoms with van der Waals surface area (Å²) in [5, 5.41) is 2.75. The molecule has 0 aliphatic carbocycles. The first-order chi connectivity index (χ1) is 9.40. The van der Waals surface area contributed by atoms with Gasteiger partial charge in [0, 0.05) is 20.0 Å². The summed E-state index contributed by atoms with van der Waals surface area (Å²) in [4.78, 5) is 11.9. The normalized spacial score (nSPS) is 23.1. The first kappa shape index (κ1) is 15.0. The Bertz CT molecular complexity index is 552. The van der Waals surface area contributed by atoms with Crippen molar-refractivity contribution < 1.29 is 22.4 Å². The number of nitrogens with one attached hydrogen (secondary N) is 1. The Kier molecular flexibility index (Phi) is 4.46. The van der Waals surface area contributed by atoms with Crippen LogP contribution in [0.3, 0.4) is 0 Å². The maximum atomic E-state index is 11.9. The molecule has 20 heavy (non-hydrogen) atoms. The van der Waals surface area contributed by atoms with Crippen molar-refractivity contribution in [2.45, 2.75) is 6.04 Å². The van der Waals surface area contributed by atoms with Gasteiger partial charge in [-0.2, -0.15) is 0 Å². The van der Waals surface area contributed by atoms with Gasteiger partial charge < -0.3 is 14.5 Å². The van der Waals surface area contributed by atoms with E-state index in [1.807, 2.05) is 0 Å². The molecule has 2 rings (SSSR count). The van der Waals surface area contributed by atoms with Gasteiger partial charge in [0.2, 0.25) is 10.0 Å². The Morgan fingerprint density at radius 3 is 2.80 bits per heavy atom. The van der Waals surface area contributed by atoms with Crippen molar-refractivity contribution in [1.29, 1.82) is 0 Å². The quantitative estimate of drug-likeness (QED) is 0.821. The topological polar surface area (TPSA) is 88.9 Å². The molecule has 1 amide bonds. The van der Waals surface area contributed by atoms with Crippen LogP contribution in [0.4, 0.5) is 0 Å². The SMILES string of the molecule is CN(C)S(=O)(=O)C[C@@H]1COC[C@@H]1NC(=O)c1ccco1. The molecule has 7 nitrogen and oxygen atoms in total. The van der Waals surface area contributed by atoms with Crippen LogP contribution < -0.4 is 5.32 Å². The van der Waals surface area contributed by atoms with Crippen molar-refractivity contribution in [2.75, 3.05) is 33.1 Å². The summed E-state index contributed by atoms with van der Waals surface area (Å²) < 4.78 is 35.2. The monoisotopic (exact) mass is 302 g/mol. The summed E-state index contributed by atoms with van der Waals surface area (Å²) in [5.41, 5.74) is 0. The van der Waals surface area contributed by atoms with Crippen LogP contribution in [0.2, 0.25) is 0 Å². The van der Waals surface area contributed by atoms with E-state index < -0.39 is 10.0 Å². The highest BCUT2D eigenvalue weighted by Gasteiger charge is 2.34. The highest BCUT2D eigenvalue weighted by Crippen LogP contribution is 2.17. The molecule has 2 atom stereocenters. The van der Waals surface area contributed by atoms with Gasteiger partial charge in [-0.15, -0.1) is 0 Å². The molecule has 0 radical (unpaired) electrons. The number of ether oxygens (including phenoxy) is 1. The number of carbonyl (C=O) groups is 1. The highest BCUT2D eigenvalue weighted by molar-refractivity contribution is 7.89. The van der Waals surface area contributed by atoms with Gasteiger partial charge in [-0.3, -0.25) is 4.79 Å². The van der Waals surface area contributed by atoms with Gasteiger partial charge in [0.05, 0.1) is 31.3 Å². The Morgan fingerprint density at radius 2 is 2.20 bits per heavy atom. The number of hydrogen-bond donors (Lipinski definition) is 1. The molecule has 0 unspecified atom stereocenters. The molecule has 1 N–H and O–H groups in total. The maximum absolute atomic E-state index is 11.9. The van der Waals surface area contributed by atoms with E-state index >= 15 is 0 Å². The van der Waals surface area contributed by atoms with Crippen LogP contribution in [-0.2, 0) is 14.8 Å². The number of nitrogens with zero attached hydrogens (tertiary/aromatic N) is 1. The number of rotatable bonds is 5. The summed E-state index contributed by atoms with van der Waals surface area (Å²) >= 11 is 0. The fourth-order valence-corrected chi connectivity index (χ4v) is 3.16. The van der Waals surface area contributed by atoms with E-state index in [9.17, 15) is 13.2 Å². The Hall–Kier alpha value is -1.38. The molecule has 1 saturated heterocycles. The van der Waals surface area contributed by atoms with Gasteiger partial charge in [0.15, 0.2) is 5.76 Å². The summed E-state index contributed by atoms with van der Waals surface area (Å²) in [7, 11) is -0.350. The number of furan rings is 1. The standard InChI is InChI=1S/C12H18N2O5S/c1-14(2)20(16,17)8-9-6-18-7-10(9)13-12(15)11-4-3-5-19-11/h3-5,9-10H,6-8H2,1-2H3,(H,13,15)/t9-,10-/m0/s1. The fourth-order valence-electron chi connectivity index (χ4n) is 1.99. The van der Waals surface area contributed by atoms with Crippen LogP contribution >= 0.6 is 0 Å². The molecule has 1 fully saturated rings. The molecule has 1 aromatic rings. The van der Waals surface area contributed by atoms with E-state index in [4.69, 9.17) is 9.15 Å². The zero-order chi connectivity index (χ0) is 14.8. The van der Waals surface area contributed by atoms with Crippen LogP contribution in [-0.4, -0.2) is 57.7 Å². The summed E-state index contributed by atoms with van der Waals surface area (Å²) in [6.07, 6.45) is 1.41. The van der Waals surface area contributed by atoms with Crippen LogP contribution in [0.5, 0.6) is 0 Å². The summed E-state index contributed by atoms with van der Waals surface area (Å²) in [6.45, 7) is 0.621. The van der Waals surface area contributed by atoms with Gasteiger partial charge in [0.25, 0.3) is 5.91 Å². The molecule has 8 heteroatoms. The predicted octanol–water partition coefficient (Wildman–Crippen LogP) is -0.0842. The molecule has 0 saturated carbocycles. The van der Waals surface area contributed by atoms with Crippen molar-refractivity contribution in [1.82, 2.24) is 9.62 Å². The second kappa shape index (κ2) is 5.94. The molecular formula is C12H18N2O5S. The van der Waals surface area contributed by atoms with E-state index in [0.29, 0.717) is 13.2 Å². The minimum Gasteiger partial charge on any atom is -0.459 e. The zero-order valence-electron chi connectivity index (χ0n) is 11.4. The van der Waals surface area contributed by atoms with Gasteiger partial charge in [0.1, 0.15) is 0 Å². The number of sulfonamides is 1. The van der Waals surface area contributed by atoms with Gasteiger partial charge in [-0.1, -0.05) is 0 Å². The predicted molar refractivity (Wildman–Crippen MR) is 71.7 cm³/mol. The van der Waals surface area contributed by atoms with Crippen LogP contribution in [0.1, 0.15) is 10.6 Å². The minimum atomic E-state index is -3.33. The minimum absolute atomic E-state index is 0.0525. The fraction of sp³-hybridized carbons (Fsp3) is 0.583. The lowest BCUT2D eigenvalue weighted by atomic mass is 10.1. The van der Waals surface area contributed by atoms with Crippen LogP contribution in [0.25, 0.3) is 0 Å². The number of amides is 1. The lowest BCUT2D eigenvalue weighted by molar-refractivity contribution is 0.0898. The Balaban J connectivity index is 1.99. The highest BCUT2D eigenvalue weighted by atomic mass is 32.2. The molecule has 0 aromatic carbocycles. The molecule has 2 heterocycles. The first-order valence-electron chi connectivity index (χ1n) is 6.22. The van der Waals surface area contributed by atoms with E-state index in [2.05, 4.69) is 5.32 Å². The molecule has 0 bridgehead atoms. The third-order valence-corrected chi connectivity index (χ3v) is 5.20. The first-order valence-corrected chi connectivity index (χ1v) is 7.83. The molecule has 1 aromatic heterocycles. The molecule has 112 valence electrons. The smallest absolute Gasteiger partial charge is 0.287 e. The molecule has 1 aliphatic heterocycles. The molecule has 1 aliphatic rings. The van der Waals surface area contributed by atoms with E-state index in [-0.39, 0.29) is 29.4 Å². The Labute approximate surface area is 117 Å². The van der Waals surface area contributed by atoms with Crippen LogP contribution in [0, 0.1) is 5.92 Å². The van der Waals surface area contributed by atoms with Crippen molar-refractivity contribution in [2.24, 2.45) is 5.92 Å². The van der Waals surface area contributed by atoms with Crippen molar-refractivity contribution in [3.8, 4) is 0 Å². The molecular weight excluding hydrogens is 284 g/mol. The van der Waals surface area contributed by atoms with Gasteiger partial charge >= 0.3 is 0 Å². The van der Waals surface area contributed by atoms with E-state index in [1.165, 1.54) is 24.7 Å². The van der Waals surface area contributed by atoms with Crippen LogP contribution in [0.15, 0.2) is 22.8 Å². The van der Waals surface area contributed by atoms with Crippen molar-refractivity contribution >= 4 is 15.9 Å². The van der Waals surface area contributed by atoms with Crippen molar-refractivity contribution in [3.05, 3.63) is 24.2 Å². The second-order valence-corrected chi connectivity index (χ2v) is 7.14. The maximum Gasteiger partial charge on any atom is 0.287 e. The van der Waals surface area contributed by atoms with E-state index in [0.717, 1.165) is 0 Å². The summed E-state index contributed by atoms with van der Waals surface area (Å²) in [6, 6.07) is 2.84. The van der Waals surface area contributed by atoms with E-state index in [1.54, 1.807) is 12.1 Å². The number of hydrogen-bond acceptors (Lipinski definition) is 5. The Morgan fingerprint density at radius 1 is 1.45 bits per heavy atom. The summed E-state index contributed by atoms with van der Waals surface area (Å²) in [5.74, 6) is -0.478.